The van der Waals surface area contributed by atoms with Crippen molar-refractivity contribution in [2.45, 2.75) is 19.3 Å². The third-order valence-electron chi connectivity index (χ3n) is 5.10. The fraction of sp³-hybridized carbons (Fsp3) is 0.391. The Balaban J connectivity index is 1.44. The maximum Gasteiger partial charge on any atom is 0.253 e. The van der Waals surface area contributed by atoms with Crippen LogP contribution in [0.1, 0.15) is 29.6 Å². The fourth-order valence-corrected chi connectivity index (χ4v) is 3.60. The zero-order chi connectivity index (χ0) is 21.3. The van der Waals surface area contributed by atoms with E-state index in [1.54, 1.807) is 37.4 Å². The van der Waals surface area contributed by atoms with Crippen molar-refractivity contribution in [2.24, 2.45) is 0 Å². The molecule has 0 aliphatic carbocycles. The lowest BCUT2D eigenvalue weighted by atomic mass is 10.2. The van der Waals surface area contributed by atoms with E-state index >= 15 is 0 Å². The molecule has 0 radical (unpaired) electrons. The Hall–Kier alpha value is -2.73. The van der Waals surface area contributed by atoms with Crippen LogP contribution in [0, 0.1) is 0 Å². The predicted octanol–water partition coefficient (Wildman–Crippen LogP) is 3.88. The molecule has 0 N–H and O–H groups in total. The molecule has 0 spiro atoms. The van der Waals surface area contributed by atoms with E-state index in [0.717, 1.165) is 12.2 Å². The van der Waals surface area contributed by atoms with Gasteiger partial charge in [-0.05, 0) is 49.2 Å². The van der Waals surface area contributed by atoms with Crippen LogP contribution in [0.15, 0.2) is 48.5 Å². The van der Waals surface area contributed by atoms with E-state index < -0.39 is 0 Å². The van der Waals surface area contributed by atoms with Gasteiger partial charge in [0.15, 0.2) is 0 Å². The summed E-state index contributed by atoms with van der Waals surface area (Å²) < 4.78 is 10.8. The molecule has 0 atom stereocenters. The monoisotopic (exact) mass is 430 g/mol. The summed E-state index contributed by atoms with van der Waals surface area (Å²) >= 11 is 6.07. The van der Waals surface area contributed by atoms with Gasteiger partial charge in [-0.15, -0.1) is 0 Å². The van der Waals surface area contributed by atoms with Crippen LogP contribution in [0.25, 0.3) is 0 Å². The molecule has 0 aromatic heterocycles. The summed E-state index contributed by atoms with van der Waals surface area (Å²) in [7, 11) is 1.60. The first-order valence-corrected chi connectivity index (χ1v) is 10.5. The first-order chi connectivity index (χ1) is 14.6. The second-order valence-electron chi connectivity index (χ2n) is 7.14. The van der Waals surface area contributed by atoms with Crippen molar-refractivity contribution in [2.75, 3.05) is 39.9 Å². The molecule has 7 heteroatoms. The molecule has 2 aromatic rings. The van der Waals surface area contributed by atoms with Gasteiger partial charge in [0.05, 0.1) is 18.7 Å². The number of para-hydroxylation sites is 1. The van der Waals surface area contributed by atoms with Crippen LogP contribution in [-0.2, 0) is 4.79 Å². The summed E-state index contributed by atoms with van der Waals surface area (Å²) in [6, 6.07) is 14.4. The van der Waals surface area contributed by atoms with Gasteiger partial charge in [-0.3, -0.25) is 9.59 Å². The lowest BCUT2D eigenvalue weighted by Gasteiger charge is -2.22. The zero-order valence-corrected chi connectivity index (χ0v) is 17.9. The zero-order valence-electron chi connectivity index (χ0n) is 17.2. The first-order valence-electron chi connectivity index (χ1n) is 10.2. The number of benzene rings is 2. The largest absolute Gasteiger partial charge is 0.497 e. The van der Waals surface area contributed by atoms with Gasteiger partial charge in [-0.25, -0.2) is 0 Å². The van der Waals surface area contributed by atoms with E-state index in [4.69, 9.17) is 21.1 Å². The molecule has 1 heterocycles. The molecule has 1 saturated heterocycles. The average molecular weight is 431 g/mol. The molecular formula is C23H27ClN2O4. The molecule has 0 bridgehead atoms. The minimum Gasteiger partial charge on any atom is -0.497 e. The van der Waals surface area contributed by atoms with Gasteiger partial charge in [0.1, 0.15) is 11.5 Å². The highest BCUT2D eigenvalue weighted by Crippen LogP contribution is 2.23. The summed E-state index contributed by atoms with van der Waals surface area (Å²) in [4.78, 5) is 29.0. The lowest BCUT2D eigenvalue weighted by Crippen LogP contribution is -2.37. The molecule has 3 rings (SSSR count). The minimum atomic E-state index is -0.0138. The number of carbonyl (C=O) groups excluding carboxylic acids is 2. The summed E-state index contributed by atoms with van der Waals surface area (Å²) in [5.74, 6) is 1.43. The molecule has 0 saturated carbocycles. The molecule has 30 heavy (non-hydrogen) atoms. The molecule has 1 aliphatic rings. The van der Waals surface area contributed by atoms with Crippen molar-refractivity contribution in [1.29, 1.82) is 0 Å². The number of amides is 2. The molecule has 6 nitrogen and oxygen atoms in total. The number of hydrogen-bond acceptors (Lipinski definition) is 4. The van der Waals surface area contributed by atoms with E-state index in [1.807, 2.05) is 28.0 Å². The van der Waals surface area contributed by atoms with Crippen LogP contribution in [0.4, 0.5) is 0 Å². The van der Waals surface area contributed by atoms with Gasteiger partial charge in [0.25, 0.3) is 5.91 Å². The molecule has 0 unspecified atom stereocenters. The first kappa shape index (κ1) is 22.0. The molecular weight excluding hydrogens is 404 g/mol. The predicted molar refractivity (Wildman–Crippen MR) is 116 cm³/mol. The average Bonchev–Trinajstić information content (AvgIpc) is 3.03. The Labute approximate surface area is 182 Å². The maximum atomic E-state index is 12.8. The highest BCUT2D eigenvalue weighted by molar-refractivity contribution is 6.32. The fourth-order valence-electron chi connectivity index (χ4n) is 3.41. The van der Waals surface area contributed by atoms with E-state index in [9.17, 15) is 9.59 Å². The highest BCUT2D eigenvalue weighted by atomic mass is 35.5. The van der Waals surface area contributed by atoms with Crippen LogP contribution in [0.3, 0.4) is 0 Å². The maximum absolute atomic E-state index is 12.8. The van der Waals surface area contributed by atoms with Gasteiger partial charge < -0.3 is 19.3 Å². The minimum absolute atomic E-state index is 0.0138. The van der Waals surface area contributed by atoms with Crippen LogP contribution >= 0.6 is 11.6 Å². The van der Waals surface area contributed by atoms with Crippen molar-refractivity contribution in [1.82, 2.24) is 9.80 Å². The van der Waals surface area contributed by atoms with E-state index in [2.05, 4.69) is 0 Å². The standard InChI is InChI=1S/C23H27ClN2O4/c1-29-19-11-9-18(10-12-19)23(28)26-14-5-13-25(15-16-26)22(27)8-4-17-30-21-7-3-2-6-20(21)24/h2-3,6-7,9-12H,4-5,8,13-17H2,1H3. The van der Waals surface area contributed by atoms with Crippen molar-refractivity contribution >= 4 is 23.4 Å². The lowest BCUT2D eigenvalue weighted by molar-refractivity contribution is -0.131. The number of rotatable bonds is 7. The van der Waals surface area contributed by atoms with Gasteiger partial charge in [-0.1, -0.05) is 23.7 Å². The molecule has 2 aromatic carbocycles. The van der Waals surface area contributed by atoms with Crippen LogP contribution in [0.2, 0.25) is 5.02 Å². The Bertz CT molecular complexity index is 857. The van der Waals surface area contributed by atoms with Crippen LogP contribution in [-0.4, -0.2) is 61.5 Å². The van der Waals surface area contributed by atoms with Gasteiger partial charge >= 0.3 is 0 Å². The summed E-state index contributed by atoms with van der Waals surface area (Å²) in [5.41, 5.74) is 0.632. The van der Waals surface area contributed by atoms with Gasteiger partial charge in [0.2, 0.25) is 5.91 Å². The third-order valence-corrected chi connectivity index (χ3v) is 5.41. The smallest absolute Gasteiger partial charge is 0.253 e. The van der Waals surface area contributed by atoms with Crippen LogP contribution < -0.4 is 9.47 Å². The Kier molecular flexibility index (Phi) is 7.97. The number of carbonyl (C=O) groups is 2. The number of ether oxygens (including phenoxy) is 2. The number of nitrogens with zero attached hydrogens (tertiary/aromatic N) is 2. The Morgan fingerprint density at radius 1 is 0.967 bits per heavy atom. The summed E-state index contributed by atoms with van der Waals surface area (Å²) in [5, 5.41) is 0.568. The van der Waals surface area contributed by atoms with Crippen molar-refractivity contribution < 1.29 is 19.1 Å². The third kappa shape index (κ3) is 5.89. The second-order valence-corrected chi connectivity index (χ2v) is 7.54. The molecule has 160 valence electrons. The van der Waals surface area contributed by atoms with Crippen molar-refractivity contribution in [3.63, 3.8) is 0 Å². The van der Waals surface area contributed by atoms with Crippen molar-refractivity contribution in [3.05, 3.63) is 59.1 Å². The van der Waals surface area contributed by atoms with E-state index in [1.165, 1.54) is 0 Å². The van der Waals surface area contributed by atoms with Gasteiger partial charge in [-0.2, -0.15) is 0 Å². The second kappa shape index (κ2) is 10.9. The summed E-state index contributed by atoms with van der Waals surface area (Å²) in [6.45, 7) is 2.82. The normalized spacial score (nSPS) is 14.2. The van der Waals surface area contributed by atoms with Crippen LogP contribution in [0.5, 0.6) is 11.5 Å². The van der Waals surface area contributed by atoms with Crippen molar-refractivity contribution in [3.8, 4) is 11.5 Å². The van der Waals surface area contributed by atoms with Gasteiger partial charge in [0, 0.05) is 38.2 Å². The molecule has 1 aliphatic heterocycles. The number of hydrogen-bond donors (Lipinski definition) is 0. The summed E-state index contributed by atoms with van der Waals surface area (Å²) in [6.07, 6.45) is 1.80. The number of methoxy groups -OCH3 is 1. The topological polar surface area (TPSA) is 59.1 Å². The molecule has 1 fully saturated rings. The van der Waals surface area contributed by atoms with E-state index in [-0.39, 0.29) is 11.8 Å². The number of halogens is 1. The van der Waals surface area contributed by atoms with E-state index in [0.29, 0.717) is 62.0 Å². The Morgan fingerprint density at radius 3 is 2.40 bits per heavy atom. The highest BCUT2D eigenvalue weighted by Gasteiger charge is 2.22. The Morgan fingerprint density at radius 2 is 1.67 bits per heavy atom. The molecule has 2 amide bonds. The quantitative estimate of drug-likeness (QED) is 0.625. The SMILES string of the molecule is COc1ccc(C(=O)N2CCCN(C(=O)CCCOc3ccccc3Cl)CC2)cc1.